The van der Waals surface area contributed by atoms with Crippen molar-refractivity contribution < 1.29 is 24.0 Å². The molecular weight excluding hydrogens is 392 g/mol. The van der Waals surface area contributed by atoms with Crippen LogP contribution in [0.25, 0.3) is 0 Å². The van der Waals surface area contributed by atoms with Crippen LogP contribution in [0, 0.1) is 10.1 Å². The first-order chi connectivity index (χ1) is 14.3. The Morgan fingerprint density at radius 3 is 2.37 bits per heavy atom. The third-order valence-corrected chi connectivity index (χ3v) is 4.18. The second kappa shape index (κ2) is 10.2. The standard InChI is InChI=1S/C20H24N4O6/c1-23(2)20(26)14-6-8-18(30-4)16(11-14)22-19(25)13-5-7-15(21-9-10-29-3)17(12-13)24(27)28/h5-8,11-12,21H,9-10H2,1-4H3,(H,22,25). The van der Waals surface area contributed by atoms with Crippen LogP contribution < -0.4 is 15.4 Å². The average Bonchev–Trinajstić information content (AvgIpc) is 2.73. The monoisotopic (exact) mass is 416 g/mol. The van der Waals surface area contributed by atoms with Crippen molar-refractivity contribution in [2.24, 2.45) is 0 Å². The molecule has 0 saturated heterocycles. The molecule has 10 heteroatoms. The Bertz CT molecular complexity index is 945. The fraction of sp³-hybridized carbons (Fsp3) is 0.300. The Morgan fingerprint density at radius 2 is 1.77 bits per heavy atom. The lowest BCUT2D eigenvalue weighted by molar-refractivity contribution is -0.384. The van der Waals surface area contributed by atoms with Gasteiger partial charge in [0.1, 0.15) is 11.4 Å². The minimum atomic E-state index is -0.575. The van der Waals surface area contributed by atoms with Gasteiger partial charge in [0.05, 0.1) is 24.3 Å². The number of carbonyl (C=O) groups is 2. The highest BCUT2D eigenvalue weighted by molar-refractivity contribution is 6.06. The van der Waals surface area contributed by atoms with Gasteiger partial charge in [0.25, 0.3) is 17.5 Å². The molecule has 0 aliphatic heterocycles. The van der Waals surface area contributed by atoms with Crippen molar-refractivity contribution in [2.45, 2.75) is 0 Å². The first-order valence-corrected chi connectivity index (χ1v) is 9.00. The number of ether oxygens (including phenoxy) is 2. The number of carbonyl (C=O) groups excluding carboxylic acids is 2. The Hall–Kier alpha value is -3.66. The van der Waals surface area contributed by atoms with E-state index in [2.05, 4.69) is 10.6 Å². The summed E-state index contributed by atoms with van der Waals surface area (Å²) in [5.74, 6) is -0.462. The normalized spacial score (nSPS) is 10.3. The molecule has 2 aromatic carbocycles. The first kappa shape index (κ1) is 22.6. The van der Waals surface area contributed by atoms with Crippen LogP contribution in [-0.4, -0.2) is 63.1 Å². The number of nitro groups is 1. The topological polar surface area (TPSA) is 123 Å². The van der Waals surface area contributed by atoms with Gasteiger partial charge in [-0.3, -0.25) is 19.7 Å². The summed E-state index contributed by atoms with van der Waals surface area (Å²) in [5.41, 5.74) is 0.775. The van der Waals surface area contributed by atoms with E-state index in [0.717, 1.165) is 0 Å². The summed E-state index contributed by atoms with van der Waals surface area (Å²) in [7, 11) is 6.20. The molecule has 0 spiro atoms. The number of hydrogen-bond acceptors (Lipinski definition) is 7. The predicted molar refractivity (Wildman–Crippen MR) is 112 cm³/mol. The van der Waals surface area contributed by atoms with E-state index in [-0.39, 0.29) is 28.5 Å². The van der Waals surface area contributed by atoms with E-state index in [0.29, 0.717) is 24.5 Å². The summed E-state index contributed by atoms with van der Waals surface area (Å²) in [5, 5.41) is 17.0. The van der Waals surface area contributed by atoms with Crippen molar-refractivity contribution in [2.75, 3.05) is 52.1 Å². The van der Waals surface area contributed by atoms with Gasteiger partial charge in [-0.1, -0.05) is 0 Å². The van der Waals surface area contributed by atoms with Crippen molar-refractivity contribution in [3.63, 3.8) is 0 Å². The summed E-state index contributed by atoms with van der Waals surface area (Å²) in [6.07, 6.45) is 0. The molecule has 10 nitrogen and oxygen atoms in total. The third kappa shape index (κ3) is 5.45. The van der Waals surface area contributed by atoms with Gasteiger partial charge < -0.3 is 25.0 Å². The zero-order valence-corrected chi connectivity index (χ0v) is 17.2. The maximum absolute atomic E-state index is 12.7. The average molecular weight is 416 g/mol. The first-order valence-electron chi connectivity index (χ1n) is 9.00. The molecule has 0 heterocycles. The molecule has 2 rings (SSSR count). The summed E-state index contributed by atoms with van der Waals surface area (Å²) in [4.78, 5) is 37.2. The van der Waals surface area contributed by atoms with E-state index in [1.54, 1.807) is 26.2 Å². The van der Waals surface area contributed by atoms with Gasteiger partial charge in [0.15, 0.2) is 0 Å². The molecule has 0 aliphatic rings. The number of nitrogens with one attached hydrogen (secondary N) is 2. The zero-order valence-electron chi connectivity index (χ0n) is 17.2. The number of methoxy groups -OCH3 is 2. The van der Waals surface area contributed by atoms with E-state index < -0.39 is 10.8 Å². The molecule has 0 atom stereocenters. The van der Waals surface area contributed by atoms with Crippen LogP contribution in [0.3, 0.4) is 0 Å². The molecule has 0 unspecified atom stereocenters. The second-order valence-corrected chi connectivity index (χ2v) is 6.48. The molecule has 0 fully saturated rings. The number of anilines is 2. The van der Waals surface area contributed by atoms with Gasteiger partial charge >= 0.3 is 0 Å². The SMILES string of the molecule is COCCNc1ccc(C(=O)Nc2cc(C(=O)N(C)C)ccc2OC)cc1[N+](=O)[O-]. The summed E-state index contributed by atoms with van der Waals surface area (Å²) in [6, 6.07) is 8.77. The molecule has 0 saturated carbocycles. The van der Waals surface area contributed by atoms with Crippen molar-refractivity contribution in [3.05, 3.63) is 57.6 Å². The number of rotatable bonds is 9. The Labute approximate surface area is 173 Å². The van der Waals surface area contributed by atoms with Crippen molar-refractivity contribution in [3.8, 4) is 5.75 Å². The molecule has 0 aromatic heterocycles. The van der Waals surface area contributed by atoms with E-state index in [1.165, 1.54) is 43.4 Å². The number of nitro benzene ring substituents is 1. The van der Waals surface area contributed by atoms with Crippen LogP contribution >= 0.6 is 0 Å². The fourth-order valence-electron chi connectivity index (χ4n) is 2.65. The Balaban J connectivity index is 2.31. The minimum absolute atomic E-state index is 0.0883. The number of nitrogens with zero attached hydrogens (tertiary/aromatic N) is 2. The van der Waals surface area contributed by atoms with E-state index in [4.69, 9.17) is 9.47 Å². The minimum Gasteiger partial charge on any atom is -0.495 e. The third-order valence-electron chi connectivity index (χ3n) is 4.18. The van der Waals surface area contributed by atoms with Crippen molar-refractivity contribution in [1.29, 1.82) is 0 Å². The van der Waals surface area contributed by atoms with Crippen LogP contribution in [0.5, 0.6) is 5.75 Å². The van der Waals surface area contributed by atoms with Gasteiger partial charge in [-0.2, -0.15) is 0 Å². The number of hydrogen-bond donors (Lipinski definition) is 2. The quantitative estimate of drug-likeness (QED) is 0.366. The Morgan fingerprint density at radius 1 is 1.07 bits per heavy atom. The zero-order chi connectivity index (χ0) is 22.3. The lowest BCUT2D eigenvalue weighted by Gasteiger charge is -2.14. The highest BCUT2D eigenvalue weighted by Crippen LogP contribution is 2.29. The number of amides is 2. The summed E-state index contributed by atoms with van der Waals surface area (Å²) >= 11 is 0. The van der Waals surface area contributed by atoms with E-state index in [1.807, 2.05) is 0 Å². The highest BCUT2D eigenvalue weighted by atomic mass is 16.6. The van der Waals surface area contributed by atoms with Crippen molar-refractivity contribution >= 4 is 28.9 Å². The molecule has 2 amide bonds. The van der Waals surface area contributed by atoms with Crippen LogP contribution in [0.15, 0.2) is 36.4 Å². The summed E-state index contributed by atoms with van der Waals surface area (Å²) in [6.45, 7) is 0.758. The molecule has 0 aliphatic carbocycles. The van der Waals surface area contributed by atoms with Gasteiger partial charge in [0.2, 0.25) is 0 Å². The van der Waals surface area contributed by atoms with Crippen LogP contribution in [-0.2, 0) is 4.74 Å². The van der Waals surface area contributed by atoms with Crippen LogP contribution in [0.2, 0.25) is 0 Å². The number of benzene rings is 2. The largest absolute Gasteiger partial charge is 0.495 e. The van der Waals surface area contributed by atoms with Gasteiger partial charge in [-0.15, -0.1) is 0 Å². The van der Waals surface area contributed by atoms with Gasteiger partial charge in [-0.05, 0) is 30.3 Å². The maximum atomic E-state index is 12.7. The molecule has 0 radical (unpaired) electrons. The molecule has 2 N–H and O–H groups in total. The van der Waals surface area contributed by atoms with Crippen molar-refractivity contribution in [1.82, 2.24) is 4.90 Å². The predicted octanol–water partition coefficient (Wildman–Crippen LogP) is 2.62. The molecule has 30 heavy (non-hydrogen) atoms. The molecule has 0 bridgehead atoms. The van der Waals surface area contributed by atoms with E-state index >= 15 is 0 Å². The smallest absolute Gasteiger partial charge is 0.293 e. The fourth-order valence-corrected chi connectivity index (χ4v) is 2.65. The lowest BCUT2D eigenvalue weighted by Crippen LogP contribution is -2.22. The maximum Gasteiger partial charge on any atom is 0.293 e. The van der Waals surface area contributed by atoms with E-state index in [9.17, 15) is 19.7 Å². The summed E-state index contributed by atoms with van der Waals surface area (Å²) < 4.78 is 10.2. The molecule has 160 valence electrons. The highest BCUT2D eigenvalue weighted by Gasteiger charge is 2.19. The molecular formula is C20H24N4O6. The van der Waals surface area contributed by atoms with Crippen LogP contribution in [0.1, 0.15) is 20.7 Å². The molecule has 2 aromatic rings. The van der Waals surface area contributed by atoms with Gasteiger partial charge in [0, 0.05) is 44.9 Å². The lowest BCUT2D eigenvalue weighted by atomic mass is 10.1. The second-order valence-electron chi connectivity index (χ2n) is 6.48. The Kier molecular flexibility index (Phi) is 7.70. The van der Waals surface area contributed by atoms with Crippen LogP contribution in [0.4, 0.5) is 17.1 Å². The van der Waals surface area contributed by atoms with Gasteiger partial charge in [-0.25, -0.2) is 0 Å².